The quantitative estimate of drug-likeness (QED) is 0.679. The number of hydrogen-bond donors (Lipinski definition) is 2. The molecule has 1 aliphatic heterocycles. The summed E-state index contributed by atoms with van der Waals surface area (Å²) in [6.07, 6.45) is 2.23. The van der Waals surface area contributed by atoms with E-state index in [0.29, 0.717) is 12.5 Å². The first-order chi connectivity index (χ1) is 6.52. The molecule has 0 aromatic heterocycles. The fourth-order valence-corrected chi connectivity index (χ4v) is 1.91. The van der Waals surface area contributed by atoms with Crippen LogP contribution in [-0.4, -0.2) is 24.0 Å². The summed E-state index contributed by atoms with van der Waals surface area (Å²) < 4.78 is 0. The zero-order valence-electron chi connectivity index (χ0n) is 8.98. The lowest BCUT2D eigenvalue weighted by Gasteiger charge is -2.28. The van der Waals surface area contributed by atoms with Gasteiger partial charge in [0.05, 0.1) is 0 Å². The lowest BCUT2D eigenvalue weighted by molar-refractivity contribution is -0.125. The maximum atomic E-state index is 11.8. The Labute approximate surface area is 84.2 Å². The summed E-state index contributed by atoms with van der Waals surface area (Å²) in [5.41, 5.74) is -0.344. The van der Waals surface area contributed by atoms with Gasteiger partial charge in [-0.05, 0) is 32.1 Å². The molecule has 1 amide bonds. The summed E-state index contributed by atoms with van der Waals surface area (Å²) in [7, 11) is 0. The number of nitrogens with one attached hydrogen (secondary N) is 2. The van der Waals surface area contributed by atoms with Crippen LogP contribution in [0.3, 0.4) is 0 Å². The SMILES string of the molecule is CCN=C1NC(=O)C(C)(C2(C)CC2)N1. The highest BCUT2D eigenvalue weighted by atomic mass is 16.2. The normalized spacial score (nSPS) is 36.8. The lowest BCUT2D eigenvalue weighted by Crippen LogP contribution is -2.50. The van der Waals surface area contributed by atoms with Crippen molar-refractivity contribution in [1.29, 1.82) is 0 Å². The van der Waals surface area contributed by atoms with E-state index in [2.05, 4.69) is 22.5 Å². The molecule has 0 bridgehead atoms. The van der Waals surface area contributed by atoms with E-state index in [1.165, 1.54) is 0 Å². The van der Waals surface area contributed by atoms with Gasteiger partial charge < -0.3 is 5.32 Å². The molecular formula is C10H17N3O. The summed E-state index contributed by atoms with van der Waals surface area (Å²) in [5, 5.41) is 6.00. The number of nitrogens with zero attached hydrogens (tertiary/aromatic N) is 1. The minimum Gasteiger partial charge on any atom is -0.341 e. The Balaban J connectivity index is 2.22. The molecule has 2 aliphatic rings. The summed E-state index contributed by atoms with van der Waals surface area (Å²) in [4.78, 5) is 16.0. The molecule has 0 radical (unpaired) electrons. The topological polar surface area (TPSA) is 53.5 Å². The van der Waals surface area contributed by atoms with E-state index >= 15 is 0 Å². The zero-order valence-corrected chi connectivity index (χ0v) is 8.98. The number of amides is 1. The third kappa shape index (κ3) is 1.13. The standard InChI is InChI=1S/C10H17N3O/c1-4-11-8-12-7(14)10(3,13-8)9(2)5-6-9/h4-6H2,1-3H3,(H2,11,12,13,14). The van der Waals surface area contributed by atoms with E-state index in [4.69, 9.17) is 0 Å². The Kier molecular flexibility index (Phi) is 1.84. The number of hydrogen-bond acceptors (Lipinski definition) is 2. The number of rotatable bonds is 2. The Bertz CT molecular complexity index is 306. The third-order valence-corrected chi connectivity index (χ3v) is 3.58. The highest BCUT2D eigenvalue weighted by molar-refractivity contribution is 6.09. The number of guanidine groups is 1. The van der Waals surface area contributed by atoms with Crippen LogP contribution in [0.1, 0.15) is 33.6 Å². The Morgan fingerprint density at radius 1 is 1.43 bits per heavy atom. The summed E-state index contributed by atoms with van der Waals surface area (Å²) in [5.74, 6) is 0.692. The summed E-state index contributed by atoms with van der Waals surface area (Å²) in [6, 6.07) is 0. The average molecular weight is 195 g/mol. The monoisotopic (exact) mass is 195 g/mol. The number of aliphatic imine (C=N–C) groups is 1. The van der Waals surface area contributed by atoms with Gasteiger partial charge in [0.2, 0.25) is 0 Å². The second-order valence-electron chi connectivity index (χ2n) is 4.59. The molecule has 4 nitrogen and oxygen atoms in total. The van der Waals surface area contributed by atoms with Crippen LogP contribution in [0.25, 0.3) is 0 Å². The van der Waals surface area contributed by atoms with Crippen LogP contribution < -0.4 is 10.6 Å². The molecule has 1 atom stereocenters. The molecule has 2 rings (SSSR count). The van der Waals surface area contributed by atoms with Gasteiger partial charge in [0.25, 0.3) is 5.91 Å². The first-order valence-corrected chi connectivity index (χ1v) is 5.16. The third-order valence-electron chi connectivity index (χ3n) is 3.58. The van der Waals surface area contributed by atoms with Gasteiger partial charge in [-0.25, -0.2) is 0 Å². The van der Waals surface area contributed by atoms with Gasteiger partial charge >= 0.3 is 0 Å². The second kappa shape index (κ2) is 2.72. The molecule has 0 aromatic rings. The van der Waals surface area contributed by atoms with Crippen LogP contribution >= 0.6 is 0 Å². The van der Waals surface area contributed by atoms with Gasteiger partial charge in [-0.1, -0.05) is 6.92 Å². The smallest absolute Gasteiger partial charge is 0.252 e. The predicted molar refractivity (Wildman–Crippen MR) is 55.0 cm³/mol. The van der Waals surface area contributed by atoms with Crippen LogP contribution in [0.15, 0.2) is 4.99 Å². The Morgan fingerprint density at radius 3 is 2.57 bits per heavy atom. The van der Waals surface area contributed by atoms with Gasteiger partial charge in [-0.15, -0.1) is 0 Å². The molecule has 1 unspecified atom stereocenters. The van der Waals surface area contributed by atoms with Crippen molar-refractivity contribution in [2.45, 2.75) is 39.2 Å². The Hall–Kier alpha value is -1.06. The molecule has 1 aliphatic carbocycles. The van der Waals surface area contributed by atoms with Crippen molar-refractivity contribution >= 4 is 11.9 Å². The fourth-order valence-electron chi connectivity index (χ4n) is 1.91. The minimum absolute atomic E-state index is 0.0599. The van der Waals surface area contributed by atoms with Crippen molar-refractivity contribution in [2.75, 3.05) is 6.54 Å². The lowest BCUT2D eigenvalue weighted by atomic mass is 9.84. The van der Waals surface area contributed by atoms with E-state index in [9.17, 15) is 4.79 Å². The highest BCUT2D eigenvalue weighted by Crippen LogP contribution is 2.54. The Morgan fingerprint density at radius 2 is 2.07 bits per heavy atom. The van der Waals surface area contributed by atoms with Gasteiger partial charge in [0.15, 0.2) is 5.96 Å². The summed E-state index contributed by atoms with van der Waals surface area (Å²) in [6.45, 7) is 6.76. The first-order valence-electron chi connectivity index (χ1n) is 5.16. The van der Waals surface area contributed by atoms with Gasteiger partial charge in [-0.3, -0.25) is 15.1 Å². The molecule has 2 N–H and O–H groups in total. The molecule has 2 fully saturated rings. The highest BCUT2D eigenvalue weighted by Gasteiger charge is 2.60. The van der Waals surface area contributed by atoms with E-state index in [1.54, 1.807) is 0 Å². The maximum absolute atomic E-state index is 11.8. The van der Waals surface area contributed by atoms with E-state index < -0.39 is 5.54 Å². The molecular weight excluding hydrogens is 178 g/mol. The average Bonchev–Trinajstić information content (AvgIpc) is 2.78. The first kappa shape index (κ1) is 9.49. The minimum atomic E-state index is -0.457. The van der Waals surface area contributed by atoms with E-state index in [-0.39, 0.29) is 11.3 Å². The molecule has 0 spiro atoms. The molecule has 1 saturated carbocycles. The number of carbonyl (C=O) groups excluding carboxylic acids is 1. The van der Waals surface area contributed by atoms with Crippen molar-refractivity contribution in [3.05, 3.63) is 0 Å². The molecule has 78 valence electrons. The van der Waals surface area contributed by atoms with Crippen LogP contribution in [-0.2, 0) is 4.79 Å². The van der Waals surface area contributed by atoms with Crippen LogP contribution in [0.2, 0.25) is 0 Å². The summed E-state index contributed by atoms with van der Waals surface area (Å²) >= 11 is 0. The zero-order chi connectivity index (χ0) is 10.4. The van der Waals surface area contributed by atoms with Gasteiger partial charge in [0, 0.05) is 6.54 Å². The molecule has 1 saturated heterocycles. The van der Waals surface area contributed by atoms with Crippen LogP contribution in [0, 0.1) is 5.41 Å². The number of carbonyl (C=O) groups is 1. The van der Waals surface area contributed by atoms with Crippen LogP contribution in [0.4, 0.5) is 0 Å². The van der Waals surface area contributed by atoms with Crippen molar-refractivity contribution in [1.82, 2.24) is 10.6 Å². The van der Waals surface area contributed by atoms with Crippen molar-refractivity contribution in [2.24, 2.45) is 10.4 Å². The van der Waals surface area contributed by atoms with Crippen molar-refractivity contribution in [3.8, 4) is 0 Å². The van der Waals surface area contributed by atoms with Crippen molar-refractivity contribution in [3.63, 3.8) is 0 Å². The van der Waals surface area contributed by atoms with Gasteiger partial charge in [-0.2, -0.15) is 0 Å². The predicted octanol–water partition coefficient (Wildman–Crippen LogP) is 0.640. The van der Waals surface area contributed by atoms with Crippen LogP contribution in [0.5, 0.6) is 0 Å². The largest absolute Gasteiger partial charge is 0.341 e. The van der Waals surface area contributed by atoms with E-state index in [0.717, 1.165) is 12.8 Å². The van der Waals surface area contributed by atoms with E-state index in [1.807, 2.05) is 13.8 Å². The molecule has 4 heteroatoms. The maximum Gasteiger partial charge on any atom is 0.252 e. The fraction of sp³-hybridized carbons (Fsp3) is 0.800. The van der Waals surface area contributed by atoms with Crippen molar-refractivity contribution < 1.29 is 4.79 Å². The molecule has 0 aromatic carbocycles. The molecule has 14 heavy (non-hydrogen) atoms. The second-order valence-corrected chi connectivity index (χ2v) is 4.59. The van der Waals surface area contributed by atoms with Gasteiger partial charge in [0.1, 0.15) is 5.54 Å². The molecule has 1 heterocycles.